The Kier molecular flexibility index (Phi) is 5.97. The Morgan fingerprint density at radius 3 is 2.21 bits per heavy atom. The third-order valence-corrected chi connectivity index (χ3v) is 6.68. The van der Waals surface area contributed by atoms with Gasteiger partial charge in [-0.05, 0) is 79.9 Å². The maximum atomic E-state index is 11.0. The molecule has 24 heavy (non-hydrogen) atoms. The molecular formula is C22H32O2. The highest BCUT2D eigenvalue weighted by atomic mass is 16.3. The summed E-state index contributed by atoms with van der Waals surface area (Å²) >= 11 is 0. The van der Waals surface area contributed by atoms with Gasteiger partial charge in [0.15, 0.2) is 6.29 Å². The highest BCUT2D eigenvalue weighted by Gasteiger charge is 2.31. The van der Waals surface area contributed by atoms with E-state index in [4.69, 9.17) is 0 Å². The van der Waals surface area contributed by atoms with Gasteiger partial charge in [0.1, 0.15) is 5.75 Å². The molecule has 2 fully saturated rings. The first kappa shape index (κ1) is 17.5. The van der Waals surface area contributed by atoms with Crippen LogP contribution in [0.2, 0.25) is 0 Å². The number of carbonyl (C=O) groups is 1. The molecule has 2 aliphatic rings. The molecule has 0 atom stereocenters. The summed E-state index contributed by atoms with van der Waals surface area (Å²) in [4.78, 5) is 11.0. The first-order valence-corrected chi connectivity index (χ1v) is 9.99. The van der Waals surface area contributed by atoms with E-state index < -0.39 is 0 Å². The minimum Gasteiger partial charge on any atom is -0.507 e. The van der Waals surface area contributed by atoms with Crippen molar-refractivity contribution >= 4 is 6.29 Å². The summed E-state index contributed by atoms with van der Waals surface area (Å²) in [5.41, 5.74) is 1.67. The number of hydrogen-bond donors (Lipinski definition) is 1. The lowest BCUT2D eigenvalue weighted by Gasteiger charge is -2.38. The van der Waals surface area contributed by atoms with Crippen LogP contribution in [-0.4, -0.2) is 11.4 Å². The lowest BCUT2D eigenvalue weighted by atomic mass is 9.68. The van der Waals surface area contributed by atoms with Crippen LogP contribution in [0.25, 0.3) is 0 Å². The van der Waals surface area contributed by atoms with Crippen LogP contribution >= 0.6 is 0 Å². The van der Waals surface area contributed by atoms with Crippen molar-refractivity contribution in [3.8, 4) is 5.75 Å². The van der Waals surface area contributed by atoms with Crippen LogP contribution in [0.3, 0.4) is 0 Å². The first-order chi connectivity index (χ1) is 11.7. The smallest absolute Gasteiger partial charge is 0.153 e. The van der Waals surface area contributed by atoms with Crippen molar-refractivity contribution < 1.29 is 9.90 Å². The minimum atomic E-state index is 0.103. The SMILES string of the molecule is CCCC1CCC(C2CCC(c3ccc(O)c(C=O)c3)CC2)CC1. The standard InChI is InChI=1S/C22H32O2/c1-2-3-16-4-6-17(7-5-16)18-8-10-19(11-9-18)20-12-13-22(24)21(14-20)15-23/h12-19,24H,2-11H2,1H3. The summed E-state index contributed by atoms with van der Waals surface area (Å²) in [6, 6.07) is 5.58. The molecule has 0 bridgehead atoms. The highest BCUT2D eigenvalue weighted by Crippen LogP contribution is 2.44. The Hall–Kier alpha value is -1.31. The van der Waals surface area contributed by atoms with Gasteiger partial charge in [-0.2, -0.15) is 0 Å². The molecule has 1 aromatic rings. The van der Waals surface area contributed by atoms with Gasteiger partial charge in [0.2, 0.25) is 0 Å². The summed E-state index contributed by atoms with van der Waals surface area (Å²) in [5.74, 6) is 3.56. The molecule has 0 radical (unpaired) electrons. The number of phenolic OH excluding ortho intramolecular Hbond substituents is 1. The number of carbonyl (C=O) groups excluding carboxylic acids is 1. The molecule has 1 aromatic carbocycles. The average Bonchev–Trinajstić information content (AvgIpc) is 2.63. The van der Waals surface area contributed by atoms with Crippen molar-refractivity contribution in [2.75, 3.05) is 0 Å². The first-order valence-electron chi connectivity index (χ1n) is 9.99. The van der Waals surface area contributed by atoms with Crippen molar-refractivity contribution in [1.82, 2.24) is 0 Å². The van der Waals surface area contributed by atoms with Gasteiger partial charge in [0, 0.05) is 0 Å². The van der Waals surface area contributed by atoms with Gasteiger partial charge in [0.25, 0.3) is 0 Å². The number of hydrogen-bond acceptors (Lipinski definition) is 2. The van der Waals surface area contributed by atoms with Gasteiger partial charge < -0.3 is 5.11 Å². The van der Waals surface area contributed by atoms with Gasteiger partial charge in [-0.1, -0.05) is 38.7 Å². The molecule has 0 aliphatic heterocycles. The second kappa shape index (κ2) is 8.18. The second-order valence-electron chi connectivity index (χ2n) is 8.12. The van der Waals surface area contributed by atoms with Crippen LogP contribution in [0, 0.1) is 17.8 Å². The predicted octanol–water partition coefficient (Wildman–Crippen LogP) is 6.09. The number of phenols is 1. The van der Waals surface area contributed by atoms with Crippen molar-refractivity contribution in [2.24, 2.45) is 17.8 Å². The molecule has 2 nitrogen and oxygen atoms in total. The Morgan fingerprint density at radius 1 is 1.00 bits per heavy atom. The summed E-state index contributed by atoms with van der Waals surface area (Å²) in [5, 5.41) is 9.67. The number of benzene rings is 1. The third kappa shape index (κ3) is 4.02. The average molecular weight is 328 g/mol. The summed E-state index contributed by atoms with van der Waals surface area (Å²) in [6.07, 6.45) is 14.5. The van der Waals surface area contributed by atoms with Crippen molar-refractivity contribution in [2.45, 2.75) is 77.0 Å². The van der Waals surface area contributed by atoms with E-state index >= 15 is 0 Å². The van der Waals surface area contributed by atoms with E-state index in [0.29, 0.717) is 11.5 Å². The highest BCUT2D eigenvalue weighted by molar-refractivity contribution is 5.79. The topological polar surface area (TPSA) is 37.3 Å². The molecule has 0 unspecified atom stereocenters. The van der Waals surface area contributed by atoms with Gasteiger partial charge in [-0.25, -0.2) is 0 Å². The van der Waals surface area contributed by atoms with Gasteiger partial charge >= 0.3 is 0 Å². The Morgan fingerprint density at radius 2 is 1.62 bits per heavy atom. The zero-order valence-electron chi connectivity index (χ0n) is 15.0. The Labute approximate surface area is 146 Å². The van der Waals surface area contributed by atoms with E-state index in [0.717, 1.165) is 24.0 Å². The molecule has 2 aliphatic carbocycles. The zero-order valence-corrected chi connectivity index (χ0v) is 15.0. The normalized spacial score (nSPS) is 30.9. The van der Waals surface area contributed by atoms with E-state index in [9.17, 15) is 9.90 Å². The molecule has 3 rings (SSSR count). The van der Waals surface area contributed by atoms with Gasteiger partial charge in [0.05, 0.1) is 5.56 Å². The molecule has 132 valence electrons. The lowest BCUT2D eigenvalue weighted by molar-refractivity contribution is 0.112. The molecule has 0 amide bonds. The van der Waals surface area contributed by atoms with Crippen LogP contribution in [0.4, 0.5) is 0 Å². The maximum absolute atomic E-state index is 11.0. The number of rotatable bonds is 5. The predicted molar refractivity (Wildman–Crippen MR) is 98.5 cm³/mol. The maximum Gasteiger partial charge on any atom is 0.153 e. The lowest BCUT2D eigenvalue weighted by Crippen LogP contribution is -2.25. The van der Waals surface area contributed by atoms with E-state index in [-0.39, 0.29) is 5.75 Å². The van der Waals surface area contributed by atoms with Crippen LogP contribution in [0.15, 0.2) is 18.2 Å². The van der Waals surface area contributed by atoms with Crippen LogP contribution in [-0.2, 0) is 0 Å². The number of aldehydes is 1. The molecule has 2 heteroatoms. The molecule has 1 N–H and O–H groups in total. The van der Waals surface area contributed by atoms with E-state index in [1.165, 1.54) is 69.8 Å². The fourth-order valence-corrected chi connectivity index (χ4v) is 5.20. The Bertz CT molecular complexity index is 535. The van der Waals surface area contributed by atoms with Gasteiger partial charge in [-0.3, -0.25) is 4.79 Å². The Balaban J connectivity index is 1.52. The quantitative estimate of drug-likeness (QED) is 0.664. The fraction of sp³-hybridized carbons (Fsp3) is 0.682. The zero-order chi connectivity index (χ0) is 16.9. The summed E-state index contributed by atoms with van der Waals surface area (Å²) in [6.45, 7) is 2.31. The van der Waals surface area contributed by atoms with E-state index in [2.05, 4.69) is 6.92 Å². The van der Waals surface area contributed by atoms with Crippen molar-refractivity contribution in [3.05, 3.63) is 29.3 Å². The monoisotopic (exact) mass is 328 g/mol. The number of aromatic hydroxyl groups is 1. The third-order valence-electron chi connectivity index (χ3n) is 6.68. The fourth-order valence-electron chi connectivity index (χ4n) is 5.20. The second-order valence-corrected chi connectivity index (χ2v) is 8.12. The van der Waals surface area contributed by atoms with E-state index in [1.54, 1.807) is 6.07 Å². The van der Waals surface area contributed by atoms with Crippen LogP contribution in [0.1, 0.15) is 93.0 Å². The summed E-state index contributed by atoms with van der Waals surface area (Å²) in [7, 11) is 0. The van der Waals surface area contributed by atoms with Gasteiger partial charge in [-0.15, -0.1) is 0 Å². The molecule has 0 aromatic heterocycles. The molecule has 2 saturated carbocycles. The molecule has 0 heterocycles. The molecule has 0 saturated heterocycles. The molecule has 0 spiro atoms. The summed E-state index contributed by atoms with van der Waals surface area (Å²) < 4.78 is 0. The van der Waals surface area contributed by atoms with Crippen molar-refractivity contribution in [3.63, 3.8) is 0 Å². The van der Waals surface area contributed by atoms with Crippen LogP contribution in [0.5, 0.6) is 5.75 Å². The van der Waals surface area contributed by atoms with Crippen LogP contribution < -0.4 is 0 Å². The van der Waals surface area contributed by atoms with Crippen molar-refractivity contribution in [1.29, 1.82) is 0 Å². The molecular weight excluding hydrogens is 296 g/mol. The van der Waals surface area contributed by atoms with E-state index in [1.807, 2.05) is 12.1 Å². The largest absolute Gasteiger partial charge is 0.507 e. The minimum absolute atomic E-state index is 0.103.